The fraction of sp³-hybridized carbons (Fsp3) is 0.667. The Kier molecular flexibility index (Phi) is 2.63. The zero-order valence-corrected chi connectivity index (χ0v) is 10.0. The highest BCUT2D eigenvalue weighted by molar-refractivity contribution is 5.81. The topological polar surface area (TPSA) is 59.0 Å². The Morgan fingerprint density at radius 3 is 3.00 bits per heavy atom. The van der Waals surface area contributed by atoms with Gasteiger partial charge in [0.15, 0.2) is 0 Å². The second-order valence-corrected chi connectivity index (χ2v) is 5.12. The van der Waals surface area contributed by atoms with E-state index in [1.165, 1.54) is 0 Å². The van der Waals surface area contributed by atoms with Gasteiger partial charge in [0.05, 0.1) is 17.9 Å². The second-order valence-electron chi connectivity index (χ2n) is 5.12. The fourth-order valence-electron chi connectivity index (χ4n) is 2.43. The number of aryl methyl sites for hydroxylation is 1. The van der Waals surface area contributed by atoms with E-state index in [9.17, 15) is 4.79 Å². The van der Waals surface area contributed by atoms with E-state index < -0.39 is 0 Å². The summed E-state index contributed by atoms with van der Waals surface area (Å²) in [4.78, 5) is 16.5. The Bertz CT molecular complexity index is 424. The highest BCUT2D eigenvalue weighted by atomic mass is 16.2. The molecule has 0 bridgehead atoms. The highest BCUT2D eigenvalue weighted by Crippen LogP contribution is 2.28. The summed E-state index contributed by atoms with van der Waals surface area (Å²) in [7, 11) is 1.96. The third-order valence-corrected chi connectivity index (χ3v) is 3.58. The van der Waals surface area contributed by atoms with E-state index in [-0.39, 0.29) is 17.7 Å². The molecule has 2 heterocycles. The Labute approximate surface area is 101 Å². The number of aromatic nitrogens is 2. The van der Waals surface area contributed by atoms with Crippen molar-refractivity contribution in [1.29, 1.82) is 0 Å². The molecule has 2 fully saturated rings. The second kappa shape index (κ2) is 4.14. The molecule has 1 saturated heterocycles. The van der Waals surface area contributed by atoms with Crippen LogP contribution in [0.5, 0.6) is 0 Å². The van der Waals surface area contributed by atoms with Gasteiger partial charge in [-0.15, -0.1) is 0 Å². The summed E-state index contributed by atoms with van der Waals surface area (Å²) < 4.78 is 1.93. The molecule has 2 aliphatic rings. The number of amides is 1. The monoisotopic (exact) mass is 234 g/mol. The van der Waals surface area contributed by atoms with Gasteiger partial charge in [0.2, 0.25) is 5.91 Å². The van der Waals surface area contributed by atoms with Gasteiger partial charge >= 0.3 is 0 Å². The van der Waals surface area contributed by atoms with E-state index in [1.807, 2.05) is 17.8 Å². The molecule has 5 heteroatoms. The minimum Gasteiger partial charge on any atom is -0.353 e. The predicted octanol–water partition coefficient (Wildman–Crippen LogP) is 0.00170. The van der Waals surface area contributed by atoms with E-state index >= 15 is 0 Å². The van der Waals surface area contributed by atoms with E-state index in [2.05, 4.69) is 15.6 Å². The molecule has 2 N–H and O–H groups in total. The van der Waals surface area contributed by atoms with Gasteiger partial charge in [-0.3, -0.25) is 4.79 Å². The summed E-state index contributed by atoms with van der Waals surface area (Å²) in [6, 6.07) is 0.437. The average molecular weight is 234 g/mol. The van der Waals surface area contributed by atoms with E-state index in [0.29, 0.717) is 6.04 Å². The molecule has 1 aromatic rings. The number of carbonyl (C=O) groups excluding carboxylic acids is 1. The first kappa shape index (κ1) is 10.8. The van der Waals surface area contributed by atoms with Crippen molar-refractivity contribution in [2.75, 3.05) is 13.1 Å². The lowest BCUT2D eigenvalue weighted by Gasteiger charge is -2.16. The van der Waals surface area contributed by atoms with Gasteiger partial charge in [0.25, 0.3) is 0 Å². The molecule has 1 aliphatic carbocycles. The van der Waals surface area contributed by atoms with Gasteiger partial charge in [-0.05, 0) is 12.8 Å². The molecular formula is C12H18N4O. The van der Waals surface area contributed by atoms with Gasteiger partial charge in [-0.2, -0.15) is 0 Å². The minimum atomic E-state index is 0.0329. The van der Waals surface area contributed by atoms with Crippen LogP contribution >= 0.6 is 0 Å². The summed E-state index contributed by atoms with van der Waals surface area (Å²) in [5.74, 6) is 0.439. The Morgan fingerprint density at radius 2 is 2.35 bits per heavy atom. The maximum absolute atomic E-state index is 12.1. The number of hydrogen-bond acceptors (Lipinski definition) is 3. The first-order chi connectivity index (χ1) is 8.24. The summed E-state index contributed by atoms with van der Waals surface area (Å²) in [5, 5.41) is 6.38. The third-order valence-electron chi connectivity index (χ3n) is 3.58. The van der Waals surface area contributed by atoms with Crippen LogP contribution in [0.25, 0.3) is 0 Å². The van der Waals surface area contributed by atoms with Gasteiger partial charge in [0, 0.05) is 38.3 Å². The first-order valence-corrected chi connectivity index (χ1v) is 6.23. The van der Waals surface area contributed by atoms with Crippen LogP contribution in [0.1, 0.15) is 24.5 Å². The van der Waals surface area contributed by atoms with Crippen LogP contribution in [0.3, 0.4) is 0 Å². The van der Waals surface area contributed by atoms with E-state index in [1.54, 1.807) is 6.33 Å². The van der Waals surface area contributed by atoms with Gasteiger partial charge in [-0.1, -0.05) is 0 Å². The van der Waals surface area contributed by atoms with Crippen molar-refractivity contribution in [1.82, 2.24) is 20.2 Å². The van der Waals surface area contributed by atoms with Crippen LogP contribution in [0.15, 0.2) is 12.5 Å². The number of hydrogen-bond donors (Lipinski definition) is 2. The quantitative estimate of drug-likeness (QED) is 0.774. The van der Waals surface area contributed by atoms with Crippen molar-refractivity contribution in [3.05, 3.63) is 18.2 Å². The first-order valence-electron chi connectivity index (χ1n) is 6.23. The molecular weight excluding hydrogens is 216 g/mol. The molecule has 2 atom stereocenters. The molecule has 92 valence electrons. The van der Waals surface area contributed by atoms with Crippen LogP contribution in [0.4, 0.5) is 0 Å². The van der Waals surface area contributed by atoms with E-state index in [0.717, 1.165) is 31.6 Å². The molecule has 5 nitrogen and oxygen atoms in total. The lowest BCUT2D eigenvalue weighted by Crippen LogP contribution is -2.35. The molecule has 1 aromatic heterocycles. The van der Waals surface area contributed by atoms with Crippen molar-refractivity contribution in [2.45, 2.75) is 24.8 Å². The summed E-state index contributed by atoms with van der Waals surface area (Å²) >= 11 is 0. The van der Waals surface area contributed by atoms with Crippen LogP contribution in [-0.2, 0) is 11.8 Å². The zero-order valence-electron chi connectivity index (χ0n) is 10.0. The molecule has 0 aromatic carbocycles. The number of nitrogens with one attached hydrogen (secondary N) is 2. The van der Waals surface area contributed by atoms with E-state index in [4.69, 9.17) is 0 Å². The lowest BCUT2D eigenvalue weighted by atomic mass is 9.92. The summed E-state index contributed by atoms with van der Waals surface area (Å²) in [5.41, 5.74) is 1.02. The zero-order chi connectivity index (χ0) is 11.8. The van der Waals surface area contributed by atoms with Crippen LogP contribution < -0.4 is 10.6 Å². The molecule has 1 aliphatic heterocycles. The van der Waals surface area contributed by atoms with Crippen molar-refractivity contribution >= 4 is 5.91 Å². The summed E-state index contributed by atoms with van der Waals surface area (Å²) in [6.45, 7) is 1.61. The van der Waals surface area contributed by atoms with Crippen molar-refractivity contribution < 1.29 is 4.79 Å². The van der Waals surface area contributed by atoms with Gasteiger partial charge in [0.1, 0.15) is 0 Å². The maximum Gasteiger partial charge on any atom is 0.225 e. The number of rotatable bonds is 3. The Balaban J connectivity index is 1.72. The Morgan fingerprint density at radius 1 is 1.53 bits per heavy atom. The van der Waals surface area contributed by atoms with Crippen LogP contribution in [-0.4, -0.2) is 34.6 Å². The van der Waals surface area contributed by atoms with Gasteiger partial charge in [-0.25, -0.2) is 4.98 Å². The van der Waals surface area contributed by atoms with Crippen molar-refractivity contribution in [3.8, 4) is 0 Å². The number of imidazole rings is 1. The molecule has 1 amide bonds. The SMILES string of the molecule is Cn1cnc([C@@H]2CNC[C@H]2C(=O)NC2CC2)c1. The van der Waals surface area contributed by atoms with Crippen LogP contribution in [0.2, 0.25) is 0 Å². The number of nitrogens with zero attached hydrogens (tertiary/aromatic N) is 2. The molecule has 0 spiro atoms. The van der Waals surface area contributed by atoms with Crippen molar-refractivity contribution in [3.63, 3.8) is 0 Å². The normalized spacial score (nSPS) is 28.3. The van der Waals surface area contributed by atoms with Crippen molar-refractivity contribution in [2.24, 2.45) is 13.0 Å². The van der Waals surface area contributed by atoms with Crippen LogP contribution in [0, 0.1) is 5.92 Å². The number of carbonyl (C=O) groups is 1. The lowest BCUT2D eigenvalue weighted by molar-refractivity contribution is -0.125. The summed E-state index contributed by atoms with van der Waals surface area (Å²) in [6.07, 6.45) is 6.08. The standard InChI is InChI=1S/C12H18N4O/c1-16-6-11(14-7-16)9-4-13-5-10(9)12(17)15-8-2-3-8/h6-10,13H,2-5H2,1H3,(H,15,17)/t9-,10-/m1/s1. The maximum atomic E-state index is 12.1. The molecule has 1 saturated carbocycles. The molecule has 0 unspecified atom stereocenters. The predicted molar refractivity (Wildman–Crippen MR) is 63.5 cm³/mol. The largest absolute Gasteiger partial charge is 0.353 e. The third kappa shape index (κ3) is 2.20. The average Bonchev–Trinajstić information content (AvgIpc) is 2.81. The smallest absolute Gasteiger partial charge is 0.225 e. The highest BCUT2D eigenvalue weighted by Gasteiger charge is 2.37. The molecule has 0 radical (unpaired) electrons. The van der Waals surface area contributed by atoms with Gasteiger partial charge < -0.3 is 15.2 Å². The molecule has 17 heavy (non-hydrogen) atoms. The Hall–Kier alpha value is -1.36. The molecule has 3 rings (SSSR count). The fourth-order valence-corrected chi connectivity index (χ4v) is 2.43. The minimum absolute atomic E-state index is 0.0329.